The maximum atomic E-state index is 12.9. The number of hydrogen-bond donors (Lipinski definition) is 0. The highest BCUT2D eigenvalue weighted by atomic mass is 19.1. The SMILES string of the molecule is O=C1C=CC(C(=O)OCc2cc(-c3ccc(F)cc3)on2)C=N1. The van der Waals surface area contributed by atoms with Crippen molar-refractivity contribution in [2.75, 3.05) is 0 Å². The van der Waals surface area contributed by atoms with Gasteiger partial charge in [0, 0.05) is 23.9 Å². The summed E-state index contributed by atoms with van der Waals surface area (Å²) in [7, 11) is 0. The lowest BCUT2D eigenvalue weighted by Crippen LogP contribution is -2.19. The molecule has 116 valence electrons. The van der Waals surface area contributed by atoms with Crippen molar-refractivity contribution in [2.24, 2.45) is 10.9 Å². The monoisotopic (exact) mass is 314 g/mol. The van der Waals surface area contributed by atoms with Gasteiger partial charge in [-0.15, -0.1) is 0 Å². The lowest BCUT2D eigenvalue weighted by atomic mass is 10.1. The van der Waals surface area contributed by atoms with Crippen molar-refractivity contribution >= 4 is 18.1 Å². The minimum atomic E-state index is -0.684. The Balaban J connectivity index is 1.60. The second-order valence-corrected chi connectivity index (χ2v) is 4.80. The highest BCUT2D eigenvalue weighted by Gasteiger charge is 2.19. The Bertz CT molecular complexity index is 777. The number of aromatic nitrogens is 1. The number of carbonyl (C=O) groups excluding carboxylic acids is 2. The van der Waals surface area contributed by atoms with E-state index in [0.29, 0.717) is 17.0 Å². The van der Waals surface area contributed by atoms with Crippen molar-refractivity contribution in [2.45, 2.75) is 6.61 Å². The first-order valence-corrected chi connectivity index (χ1v) is 6.76. The molecule has 0 aliphatic carbocycles. The van der Waals surface area contributed by atoms with Crippen LogP contribution in [-0.2, 0) is 20.9 Å². The van der Waals surface area contributed by atoms with Crippen LogP contribution in [0.1, 0.15) is 5.69 Å². The molecule has 7 heteroatoms. The fraction of sp³-hybridized carbons (Fsp3) is 0.125. The highest BCUT2D eigenvalue weighted by Crippen LogP contribution is 2.21. The molecule has 0 bridgehead atoms. The molecule has 1 atom stereocenters. The van der Waals surface area contributed by atoms with Crippen LogP contribution >= 0.6 is 0 Å². The van der Waals surface area contributed by atoms with E-state index in [2.05, 4.69) is 10.1 Å². The molecule has 1 aliphatic rings. The second-order valence-electron chi connectivity index (χ2n) is 4.80. The Hall–Kier alpha value is -3.09. The normalized spacial score (nSPS) is 16.6. The van der Waals surface area contributed by atoms with Gasteiger partial charge in [0.1, 0.15) is 24.0 Å². The number of esters is 1. The van der Waals surface area contributed by atoms with Gasteiger partial charge in [-0.3, -0.25) is 9.59 Å². The van der Waals surface area contributed by atoms with E-state index >= 15 is 0 Å². The van der Waals surface area contributed by atoms with Crippen LogP contribution in [0.25, 0.3) is 11.3 Å². The Morgan fingerprint density at radius 1 is 1.30 bits per heavy atom. The Kier molecular flexibility index (Phi) is 4.09. The van der Waals surface area contributed by atoms with Crippen LogP contribution in [0.2, 0.25) is 0 Å². The third kappa shape index (κ3) is 3.57. The van der Waals surface area contributed by atoms with E-state index < -0.39 is 17.8 Å². The van der Waals surface area contributed by atoms with Gasteiger partial charge in [-0.05, 0) is 24.3 Å². The van der Waals surface area contributed by atoms with Crippen molar-refractivity contribution in [3.63, 3.8) is 0 Å². The zero-order valence-electron chi connectivity index (χ0n) is 11.8. The summed E-state index contributed by atoms with van der Waals surface area (Å²) in [4.78, 5) is 26.2. The first kappa shape index (κ1) is 14.8. The van der Waals surface area contributed by atoms with E-state index in [-0.39, 0.29) is 12.4 Å². The molecule has 1 aromatic carbocycles. The molecule has 6 nitrogen and oxygen atoms in total. The summed E-state index contributed by atoms with van der Waals surface area (Å²) >= 11 is 0. The topological polar surface area (TPSA) is 81.8 Å². The minimum absolute atomic E-state index is 0.0738. The van der Waals surface area contributed by atoms with Crippen LogP contribution in [0, 0.1) is 11.7 Å². The molecule has 0 N–H and O–H groups in total. The van der Waals surface area contributed by atoms with Crippen LogP contribution in [0.4, 0.5) is 4.39 Å². The number of rotatable bonds is 4. The molecular formula is C16H11FN2O4. The maximum Gasteiger partial charge on any atom is 0.318 e. The molecule has 1 unspecified atom stereocenters. The van der Waals surface area contributed by atoms with Crippen LogP contribution in [0.15, 0.2) is 52.0 Å². The van der Waals surface area contributed by atoms with Gasteiger partial charge in [-0.25, -0.2) is 9.38 Å². The number of aliphatic imine (C=N–C) groups is 1. The summed E-state index contributed by atoms with van der Waals surface area (Å²) in [6, 6.07) is 7.36. The first-order valence-electron chi connectivity index (χ1n) is 6.76. The van der Waals surface area contributed by atoms with Crippen molar-refractivity contribution in [1.29, 1.82) is 0 Å². The summed E-state index contributed by atoms with van der Waals surface area (Å²) in [5.74, 6) is -1.53. The maximum absolute atomic E-state index is 12.9. The van der Waals surface area contributed by atoms with Gasteiger partial charge >= 0.3 is 5.97 Å². The van der Waals surface area contributed by atoms with Crippen LogP contribution in [-0.4, -0.2) is 23.2 Å². The average Bonchev–Trinajstić information content (AvgIpc) is 3.03. The summed E-state index contributed by atoms with van der Waals surface area (Å²) in [5.41, 5.74) is 1.09. The van der Waals surface area contributed by atoms with Crippen molar-refractivity contribution in [3.05, 3.63) is 54.0 Å². The van der Waals surface area contributed by atoms with E-state index in [9.17, 15) is 14.0 Å². The smallest absolute Gasteiger partial charge is 0.318 e. The molecule has 2 heterocycles. The van der Waals surface area contributed by atoms with Crippen LogP contribution < -0.4 is 0 Å². The summed E-state index contributed by atoms with van der Waals surface area (Å²) in [5, 5.41) is 3.79. The second kappa shape index (κ2) is 6.35. The average molecular weight is 314 g/mol. The number of benzene rings is 1. The van der Waals surface area contributed by atoms with Crippen LogP contribution in [0.5, 0.6) is 0 Å². The molecule has 3 rings (SSSR count). The van der Waals surface area contributed by atoms with Gasteiger partial charge in [-0.2, -0.15) is 0 Å². The lowest BCUT2D eigenvalue weighted by molar-refractivity contribution is -0.146. The van der Waals surface area contributed by atoms with E-state index in [4.69, 9.17) is 9.26 Å². The largest absolute Gasteiger partial charge is 0.458 e. The van der Waals surface area contributed by atoms with Gasteiger partial charge in [0.05, 0.1) is 0 Å². The highest BCUT2D eigenvalue weighted by molar-refractivity contribution is 6.03. The van der Waals surface area contributed by atoms with Crippen molar-refractivity contribution in [1.82, 2.24) is 5.16 Å². The number of nitrogens with zero attached hydrogens (tertiary/aromatic N) is 2. The van der Waals surface area contributed by atoms with Crippen molar-refractivity contribution in [3.8, 4) is 11.3 Å². The standard InChI is InChI=1S/C16H11FN2O4/c17-12-4-1-10(2-5-12)14-7-13(19-23-14)9-22-16(21)11-3-6-15(20)18-8-11/h1-8,11H,9H2. The van der Waals surface area contributed by atoms with Crippen molar-refractivity contribution < 1.29 is 23.2 Å². The molecule has 1 aromatic heterocycles. The predicted octanol–water partition coefficient (Wildman–Crippen LogP) is 2.31. The Morgan fingerprint density at radius 3 is 2.78 bits per heavy atom. The molecule has 1 amide bonds. The van der Waals surface area contributed by atoms with E-state index in [1.54, 1.807) is 18.2 Å². The lowest BCUT2D eigenvalue weighted by Gasteiger charge is -2.08. The number of hydrogen-bond acceptors (Lipinski definition) is 5. The fourth-order valence-corrected chi connectivity index (χ4v) is 1.94. The third-order valence-electron chi connectivity index (χ3n) is 3.13. The zero-order chi connectivity index (χ0) is 16.2. The van der Waals surface area contributed by atoms with Gasteiger partial charge in [0.2, 0.25) is 0 Å². The molecule has 0 saturated carbocycles. The van der Waals surface area contributed by atoms with Gasteiger partial charge in [-0.1, -0.05) is 11.2 Å². The summed E-state index contributed by atoms with van der Waals surface area (Å²) in [6.45, 7) is -0.0738. The van der Waals surface area contributed by atoms with Gasteiger partial charge in [0.25, 0.3) is 5.91 Å². The van der Waals surface area contributed by atoms with E-state index in [1.165, 1.54) is 30.5 Å². The number of carbonyl (C=O) groups is 2. The summed E-state index contributed by atoms with van der Waals surface area (Å²) in [6.07, 6.45) is 3.87. The molecule has 0 saturated heterocycles. The van der Waals surface area contributed by atoms with Crippen LogP contribution in [0.3, 0.4) is 0 Å². The molecule has 23 heavy (non-hydrogen) atoms. The predicted molar refractivity (Wildman–Crippen MR) is 77.8 cm³/mol. The fourth-order valence-electron chi connectivity index (χ4n) is 1.94. The molecule has 0 radical (unpaired) electrons. The Labute approximate surface area is 130 Å². The number of dihydropyridines is 1. The van der Waals surface area contributed by atoms with Gasteiger partial charge in [0.15, 0.2) is 5.76 Å². The molecule has 2 aromatic rings. The molecule has 0 fully saturated rings. The first-order chi connectivity index (χ1) is 11.1. The third-order valence-corrected chi connectivity index (χ3v) is 3.13. The number of halogens is 1. The quantitative estimate of drug-likeness (QED) is 0.809. The zero-order valence-corrected chi connectivity index (χ0v) is 11.8. The summed E-state index contributed by atoms with van der Waals surface area (Å²) < 4.78 is 23.1. The Morgan fingerprint density at radius 2 is 2.09 bits per heavy atom. The molecular weight excluding hydrogens is 303 g/mol. The van der Waals surface area contributed by atoms with Gasteiger partial charge < -0.3 is 9.26 Å². The number of ether oxygens (including phenoxy) is 1. The minimum Gasteiger partial charge on any atom is -0.458 e. The molecule has 1 aliphatic heterocycles. The van der Waals surface area contributed by atoms with E-state index in [0.717, 1.165) is 0 Å². The van der Waals surface area contributed by atoms with E-state index in [1.807, 2.05) is 0 Å². The number of amides is 1. The molecule has 0 spiro atoms.